The molecular weight excluding hydrogens is 260 g/mol. The first-order chi connectivity index (χ1) is 9.60. The second-order valence-electron chi connectivity index (χ2n) is 4.71. The maximum Gasteiger partial charge on any atom is 0.308 e. The molecule has 0 radical (unpaired) electrons. The number of hydrogen-bond acceptors (Lipinski definition) is 5. The number of carbonyl (C=O) groups excluding carboxylic acids is 2. The zero-order valence-corrected chi connectivity index (χ0v) is 12.0. The molecule has 0 aliphatic rings. The first-order valence-electron chi connectivity index (χ1n) is 6.97. The number of isocyanates is 2. The van der Waals surface area contributed by atoms with E-state index in [2.05, 4.69) is 9.98 Å². The number of carboxylic acids is 1. The lowest BCUT2D eigenvalue weighted by Crippen LogP contribution is -2.26. The number of carbonyl (C=O) groups is 1. The molecule has 0 rings (SSSR count). The van der Waals surface area contributed by atoms with E-state index in [9.17, 15) is 19.5 Å². The van der Waals surface area contributed by atoms with Crippen molar-refractivity contribution in [3.05, 3.63) is 0 Å². The Morgan fingerprint density at radius 2 is 1.65 bits per heavy atom. The van der Waals surface area contributed by atoms with Gasteiger partial charge in [-0.3, -0.25) is 4.79 Å². The van der Waals surface area contributed by atoms with E-state index >= 15 is 0 Å². The molecule has 3 unspecified atom stereocenters. The lowest BCUT2D eigenvalue weighted by molar-refractivity contribution is -0.142. The SMILES string of the molecule is CCC(CCCCC(C(=O)O)C(CC)N=C=O)N=C=O. The molecule has 20 heavy (non-hydrogen) atoms. The Morgan fingerprint density at radius 1 is 1.05 bits per heavy atom. The molecule has 0 amide bonds. The lowest BCUT2D eigenvalue weighted by Gasteiger charge is -2.17. The smallest absolute Gasteiger partial charge is 0.308 e. The van der Waals surface area contributed by atoms with Crippen molar-refractivity contribution >= 4 is 18.1 Å². The zero-order valence-electron chi connectivity index (χ0n) is 12.0. The summed E-state index contributed by atoms with van der Waals surface area (Å²) in [5.41, 5.74) is 0. The minimum absolute atomic E-state index is 0.0363. The van der Waals surface area contributed by atoms with Gasteiger partial charge in [0.15, 0.2) is 0 Å². The molecule has 0 heterocycles. The Balaban J connectivity index is 4.32. The summed E-state index contributed by atoms with van der Waals surface area (Å²) in [6.45, 7) is 3.74. The second-order valence-corrected chi connectivity index (χ2v) is 4.71. The molecule has 0 aromatic rings. The molecule has 0 aromatic heterocycles. The number of unbranched alkanes of at least 4 members (excludes halogenated alkanes) is 1. The third kappa shape index (κ3) is 6.98. The molecule has 0 spiro atoms. The Morgan fingerprint density at radius 3 is 2.10 bits per heavy atom. The van der Waals surface area contributed by atoms with E-state index in [0.717, 1.165) is 19.3 Å². The highest BCUT2D eigenvalue weighted by molar-refractivity contribution is 5.71. The van der Waals surface area contributed by atoms with E-state index < -0.39 is 17.9 Å². The fourth-order valence-corrected chi connectivity index (χ4v) is 2.19. The molecule has 6 heteroatoms. The first-order valence-corrected chi connectivity index (χ1v) is 6.97. The monoisotopic (exact) mass is 282 g/mol. The fraction of sp³-hybridized carbons (Fsp3) is 0.786. The molecule has 0 fully saturated rings. The van der Waals surface area contributed by atoms with Crippen LogP contribution in [0.1, 0.15) is 52.4 Å². The molecule has 0 aliphatic carbocycles. The van der Waals surface area contributed by atoms with Crippen molar-refractivity contribution in [1.82, 2.24) is 0 Å². The highest BCUT2D eigenvalue weighted by Gasteiger charge is 2.26. The molecule has 0 aromatic carbocycles. The minimum atomic E-state index is -0.936. The van der Waals surface area contributed by atoms with Crippen LogP contribution in [0, 0.1) is 5.92 Å². The average molecular weight is 282 g/mol. The molecule has 0 saturated carbocycles. The van der Waals surface area contributed by atoms with Crippen LogP contribution in [-0.2, 0) is 14.4 Å². The summed E-state index contributed by atoms with van der Waals surface area (Å²) in [4.78, 5) is 38.9. The lowest BCUT2D eigenvalue weighted by atomic mass is 9.91. The van der Waals surface area contributed by atoms with Crippen molar-refractivity contribution in [2.45, 2.75) is 64.5 Å². The topological polar surface area (TPSA) is 96.2 Å². The third-order valence-electron chi connectivity index (χ3n) is 3.43. The zero-order chi connectivity index (χ0) is 15.4. The molecule has 112 valence electrons. The van der Waals surface area contributed by atoms with E-state index in [0.29, 0.717) is 19.3 Å². The maximum atomic E-state index is 11.2. The fourth-order valence-electron chi connectivity index (χ4n) is 2.19. The van der Waals surface area contributed by atoms with Gasteiger partial charge in [0.1, 0.15) is 0 Å². The van der Waals surface area contributed by atoms with Crippen molar-refractivity contribution in [3.8, 4) is 0 Å². The van der Waals surface area contributed by atoms with Crippen LogP contribution in [0.25, 0.3) is 0 Å². The summed E-state index contributed by atoms with van der Waals surface area (Å²) in [5.74, 6) is -1.59. The molecule has 0 aliphatic heterocycles. The quantitative estimate of drug-likeness (QED) is 0.357. The molecular formula is C14H22N2O4. The van der Waals surface area contributed by atoms with Gasteiger partial charge in [0.05, 0.1) is 18.0 Å². The second kappa shape index (κ2) is 11.1. The Hall–Kier alpha value is -1.77. The van der Waals surface area contributed by atoms with Crippen LogP contribution in [0.4, 0.5) is 0 Å². The Kier molecular flexibility index (Phi) is 10.1. The molecule has 3 atom stereocenters. The number of rotatable bonds is 11. The summed E-state index contributed by atoms with van der Waals surface area (Å²) in [6.07, 6.45) is 6.95. The predicted octanol–water partition coefficient (Wildman–Crippen LogP) is 2.48. The van der Waals surface area contributed by atoms with Crippen LogP contribution in [-0.4, -0.2) is 35.3 Å². The van der Waals surface area contributed by atoms with Crippen LogP contribution < -0.4 is 0 Å². The number of aliphatic carboxylic acids is 1. The van der Waals surface area contributed by atoms with Crippen LogP contribution in [0.2, 0.25) is 0 Å². The van der Waals surface area contributed by atoms with Crippen LogP contribution in [0.5, 0.6) is 0 Å². The van der Waals surface area contributed by atoms with Crippen LogP contribution in [0.15, 0.2) is 9.98 Å². The summed E-state index contributed by atoms with van der Waals surface area (Å²) in [7, 11) is 0. The summed E-state index contributed by atoms with van der Waals surface area (Å²) >= 11 is 0. The van der Waals surface area contributed by atoms with Gasteiger partial charge in [-0.25, -0.2) is 19.6 Å². The van der Waals surface area contributed by atoms with Gasteiger partial charge in [-0.15, -0.1) is 0 Å². The Bertz CT molecular complexity index is 385. The summed E-state index contributed by atoms with van der Waals surface area (Å²) in [5, 5.41) is 9.18. The Labute approximate surface area is 119 Å². The van der Waals surface area contributed by atoms with Gasteiger partial charge in [-0.05, 0) is 25.7 Å². The van der Waals surface area contributed by atoms with Crippen molar-refractivity contribution in [3.63, 3.8) is 0 Å². The van der Waals surface area contributed by atoms with Crippen LogP contribution in [0.3, 0.4) is 0 Å². The number of carboxylic acid groups (broad SMARTS) is 1. The molecule has 0 saturated heterocycles. The van der Waals surface area contributed by atoms with Crippen molar-refractivity contribution < 1.29 is 19.5 Å². The van der Waals surface area contributed by atoms with Crippen LogP contribution >= 0.6 is 0 Å². The van der Waals surface area contributed by atoms with E-state index in [1.807, 2.05) is 6.92 Å². The normalized spacial score (nSPS) is 14.5. The number of aliphatic imine (C=N–C) groups is 2. The van der Waals surface area contributed by atoms with E-state index in [-0.39, 0.29) is 6.04 Å². The average Bonchev–Trinajstić information content (AvgIpc) is 2.43. The van der Waals surface area contributed by atoms with Gasteiger partial charge < -0.3 is 5.11 Å². The number of hydrogen-bond donors (Lipinski definition) is 1. The van der Waals surface area contributed by atoms with E-state index in [1.54, 1.807) is 13.0 Å². The van der Waals surface area contributed by atoms with Crippen molar-refractivity contribution in [1.29, 1.82) is 0 Å². The van der Waals surface area contributed by atoms with E-state index in [1.165, 1.54) is 6.08 Å². The van der Waals surface area contributed by atoms with Gasteiger partial charge in [0.25, 0.3) is 0 Å². The standard InChI is InChI=1S/C14H22N2O4/c1-3-11(15-9-17)7-5-6-8-12(14(19)20)13(4-2)16-10-18/h11-13H,3-8H2,1-2H3,(H,19,20). The van der Waals surface area contributed by atoms with E-state index in [4.69, 9.17) is 0 Å². The van der Waals surface area contributed by atoms with Gasteiger partial charge in [-0.2, -0.15) is 0 Å². The third-order valence-corrected chi connectivity index (χ3v) is 3.43. The predicted molar refractivity (Wildman–Crippen MR) is 74.0 cm³/mol. The first kappa shape index (κ1) is 18.2. The maximum absolute atomic E-state index is 11.2. The highest BCUT2D eigenvalue weighted by atomic mass is 16.4. The van der Waals surface area contributed by atoms with Gasteiger partial charge in [0, 0.05) is 0 Å². The number of nitrogens with zero attached hydrogens (tertiary/aromatic N) is 2. The molecule has 6 nitrogen and oxygen atoms in total. The molecule has 1 N–H and O–H groups in total. The van der Waals surface area contributed by atoms with Gasteiger partial charge in [-0.1, -0.05) is 26.7 Å². The van der Waals surface area contributed by atoms with Gasteiger partial charge in [0.2, 0.25) is 12.2 Å². The van der Waals surface area contributed by atoms with Crippen molar-refractivity contribution in [2.75, 3.05) is 0 Å². The minimum Gasteiger partial charge on any atom is -0.481 e. The van der Waals surface area contributed by atoms with Gasteiger partial charge >= 0.3 is 5.97 Å². The molecule has 0 bridgehead atoms. The van der Waals surface area contributed by atoms with Crippen molar-refractivity contribution in [2.24, 2.45) is 15.9 Å². The highest BCUT2D eigenvalue weighted by Crippen LogP contribution is 2.20. The largest absolute Gasteiger partial charge is 0.481 e. The summed E-state index contributed by atoms with van der Waals surface area (Å²) < 4.78 is 0. The summed E-state index contributed by atoms with van der Waals surface area (Å²) in [6, 6.07) is -0.550.